The minimum Gasteiger partial charge on any atom is -0.444 e. The molecular formula is C12H14F2N4O2. The second-order valence-electron chi connectivity index (χ2n) is 4.96. The fourth-order valence-electron chi connectivity index (χ4n) is 1.35. The van der Waals surface area contributed by atoms with E-state index in [2.05, 4.69) is 15.3 Å². The first-order valence-electron chi connectivity index (χ1n) is 5.71. The molecule has 0 saturated heterocycles. The average Bonchev–Trinajstić information content (AvgIpc) is 2.30. The summed E-state index contributed by atoms with van der Waals surface area (Å²) >= 11 is 0. The molecule has 0 bridgehead atoms. The summed E-state index contributed by atoms with van der Waals surface area (Å²) in [6.45, 7) is 4.77. The third-order valence-electron chi connectivity index (χ3n) is 2.04. The zero-order valence-corrected chi connectivity index (χ0v) is 11.3. The number of nitrogens with one attached hydrogen (secondary N) is 1. The summed E-state index contributed by atoms with van der Waals surface area (Å²) in [6.07, 6.45) is -0.906. The van der Waals surface area contributed by atoms with Crippen LogP contribution in [-0.4, -0.2) is 11.7 Å². The second kappa shape index (κ2) is 6.21. The highest BCUT2D eigenvalue weighted by atomic mass is 19.2. The van der Waals surface area contributed by atoms with Gasteiger partial charge in [0.15, 0.2) is 11.6 Å². The van der Waals surface area contributed by atoms with Gasteiger partial charge in [0, 0.05) is 4.91 Å². The molecule has 0 aliphatic carbocycles. The molecule has 1 aromatic carbocycles. The van der Waals surface area contributed by atoms with Gasteiger partial charge in [0.05, 0.1) is 12.2 Å². The van der Waals surface area contributed by atoms with Crippen LogP contribution in [0.15, 0.2) is 17.2 Å². The van der Waals surface area contributed by atoms with Crippen LogP contribution in [0.5, 0.6) is 0 Å². The average molecular weight is 284 g/mol. The minimum absolute atomic E-state index is 0.156. The lowest BCUT2D eigenvalue weighted by atomic mass is 10.2. The maximum atomic E-state index is 13.5. The standard InChI is InChI=1S/C12H14F2N4O2/c1-12(2,3)20-11(19)17-9-5-7(6-16-18-15)4-8(13)10(9)14/h4-5H,6H2,1-3H3,(H,17,19). The smallest absolute Gasteiger partial charge is 0.412 e. The van der Waals surface area contributed by atoms with E-state index in [1.165, 1.54) is 6.07 Å². The van der Waals surface area contributed by atoms with Crippen molar-refractivity contribution in [3.8, 4) is 0 Å². The van der Waals surface area contributed by atoms with E-state index in [0.29, 0.717) is 0 Å². The van der Waals surface area contributed by atoms with Crippen LogP contribution < -0.4 is 5.32 Å². The van der Waals surface area contributed by atoms with Crippen molar-refractivity contribution < 1.29 is 18.3 Å². The van der Waals surface area contributed by atoms with Crippen LogP contribution in [-0.2, 0) is 11.3 Å². The molecule has 0 fully saturated rings. The number of ether oxygens (including phenoxy) is 1. The zero-order valence-electron chi connectivity index (χ0n) is 11.3. The summed E-state index contributed by atoms with van der Waals surface area (Å²) in [7, 11) is 0. The van der Waals surface area contributed by atoms with Crippen LogP contribution in [0, 0.1) is 11.6 Å². The van der Waals surface area contributed by atoms with E-state index in [1.807, 2.05) is 0 Å². The summed E-state index contributed by atoms with van der Waals surface area (Å²) in [5.41, 5.74) is 7.29. The van der Waals surface area contributed by atoms with Gasteiger partial charge in [-0.3, -0.25) is 5.32 Å². The van der Waals surface area contributed by atoms with Gasteiger partial charge in [0.2, 0.25) is 0 Å². The number of benzene rings is 1. The molecule has 0 spiro atoms. The first-order chi connectivity index (χ1) is 9.23. The number of rotatable bonds is 3. The van der Waals surface area contributed by atoms with E-state index >= 15 is 0 Å². The van der Waals surface area contributed by atoms with Crippen LogP contribution in [0.2, 0.25) is 0 Å². The summed E-state index contributed by atoms with van der Waals surface area (Å²) in [4.78, 5) is 14.0. The summed E-state index contributed by atoms with van der Waals surface area (Å²) in [6, 6.07) is 2.07. The third-order valence-corrected chi connectivity index (χ3v) is 2.04. The van der Waals surface area contributed by atoms with Crippen molar-refractivity contribution in [1.82, 2.24) is 0 Å². The minimum atomic E-state index is -1.21. The Hall–Kier alpha value is -2.34. The molecule has 0 unspecified atom stereocenters. The molecule has 0 heterocycles. The molecule has 0 aromatic heterocycles. The van der Waals surface area contributed by atoms with Gasteiger partial charge < -0.3 is 4.74 Å². The Bertz CT molecular complexity index is 563. The van der Waals surface area contributed by atoms with Crippen molar-refractivity contribution in [3.05, 3.63) is 39.8 Å². The third kappa shape index (κ3) is 4.74. The SMILES string of the molecule is CC(C)(C)OC(=O)Nc1cc(CN=[N+]=[N-])cc(F)c1F. The lowest BCUT2D eigenvalue weighted by Crippen LogP contribution is -2.27. The van der Waals surface area contributed by atoms with Gasteiger partial charge in [-0.15, -0.1) is 0 Å². The Kier molecular flexibility index (Phi) is 4.88. The zero-order chi connectivity index (χ0) is 15.3. The number of nitrogens with zero attached hydrogens (tertiary/aromatic N) is 3. The fourth-order valence-corrected chi connectivity index (χ4v) is 1.35. The Balaban J connectivity index is 2.96. The number of amides is 1. The van der Waals surface area contributed by atoms with Gasteiger partial charge in [0.25, 0.3) is 0 Å². The van der Waals surface area contributed by atoms with Gasteiger partial charge in [-0.25, -0.2) is 13.6 Å². The van der Waals surface area contributed by atoms with Gasteiger partial charge >= 0.3 is 6.09 Å². The largest absolute Gasteiger partial charge is 0.444 e. The van der Waals surface area contributed by atoms with E-state index in [0.717, 1.165) is 6.07 Å². The molecular weight excluding hydrogens is 270 g/mol. The van der Waals surface area contributed by atoms with Crippen LogP contribution >= 0.6 is 0 Å². The van der Waals surface area contributed by atoms with E-state index in [-0.39, 0.29) is 17.8 Å². The number of anilines is 1. The molecule has 1 aromatic rings. The molecule has 6 nitrogen and oxygen atoms in total. The molecule has 0 aliphatic heterocycles. The van der Waals surface area contributed by atoms with Gasteiger partial charge in [-0.1, -0.05) is 5.11 Å². The van der Waals surface area contributed by atoms with E-state index in [4.69, 9.17) is 10.3 Å². The Morgan fingerprint density at radius 1 is 1.45 bits per heavy atom. The predicted molar refractivity (Wildman–Crippen MR) is 69.1 cm³/mol. The molecule has 1 amide bonds. The number of halogens is 2. The highest BCUT2D eigenvalue weighted by Gasteiger charge is 2.19. The monoisotopic (exact) mass is 284 g/mol. The van der Waals surface area contributed by atoms with Crippen LogP contribution in [0.25, 0.3) is 10.4 Å². The first kappa shape index (κ1) is 15.7. The van der Waals surface area contributed by atoms with Crippen LogP contribution in [0.4, 0.5) is 19.3 Å². The number of carbonyl (C=O) groups is 1. The molecule has 0 atom stereocenters. The Morgan fingerprint density at radius 3 is 2.65 bits per heavy atom. The maximum Gasteiger partial charge on any atom is 0.412 e. The molecule has 20 heavy (non-hydrogen) atoms. The topological polar surface area (TPSA) is 87.1 Å². The summed E-state index contributed by atoms with van der Waals surface area (Å²) < 4.78 is 31.8. The van der Waals surface area contributed by atoms with Crippen molar-refractivity contribution in [2.45, 2.75) is 32.9 Å². The normalized spacial score (nSPS) is 10.7. The van der Waals surface area contributed by atoms with E-state index < -0.39 is 23.3 Å². The van der Waals surface area contributed by atoms with E-state index in [9.17, 15) is 13.6 Å². The van der Waals surface area contributed by atoms with Crippen molar-refractivity contribution in [1.29, 1.82) is 0 Å². The van der Waals surface area contributed by atoms with Gasteiger partial charge in [0.1, 0.15) is 5.60 Å². The molecule has 1 N–H and O–H groups in total. The number of azide groups is 1. The molecule has 8 heteroatoms. The number of carbonyl (C=O) groups excluding carboxylic acids is 1. The van der Waals surface area contributed by atoms with E-state index in [1.54, 1.807) is 20.8 Å². The van der Waals surface area contributed by atoms with Gasteiger partial charge in [-0.05, 0) is 44.0 Å². The van der Waals surface area contributed by atoms with Gasteiger partial charge in [-0.2, -0.15) is 0 Å². The fraction of sp³-hybridized carbons (Fsp3) is 0.417. The summed E-state index contributed by atoms with van der Waals surface area (Å²) in [5, 5.41) is 5.35. The Morgan fingerprint density at radius 2 is 2.10 bits per heavy atom. The maximum absolute atomic E-state index is 13.5. The molecule has 108 valence electrons. The van der Waals surface area contributed by atoms with Crippen LogP contribution in [0.3, 0.4) is 0 Å². The molecule has 0 radical (unpaired) electrons. The van der Waals surface area contributed by atoms with Crippen molar-refractivity contribution in [2.75, 3.05) is 5.32 Å². The van der Waals surface area contributed by atoms with Crippen molar-refractivity contribution in [2.24, 2.45) is 5.11 Å². The number of hydrogen-bond donors (Lipinski definition) is 1. The predicted octanol–water partition coefficient (Wildman–Crippen LogP) is 4.12. The highest BCUT2D eigenvalue weighted by Crippen LogP contribution is 2.21. The lowest BCUT2D eigenvalue weighted by Gasteiger charge is -2.20. The number of hydrogen-bond acceptors (Lipinski definition) is 3. The van der Waals surface area contributed by atoms with Crippen molar-refractivity contribution in [3.63, 3.8) is 0 Å². The second-order valence-corrected chi connectivity index (χ2v) is 4.96. The molecule has 0 saturated carbocycles. The lowest BCUT2D eigenvalue weighted by molar-refractivity contribution is 0.0635. The highest BCUT2D eigenvalue weighted by molar-refractivity contribution is 5.85. The summed E-state index contributed by atoms with van der Waals surface area (Å²) in [5.74, 6) is -2.36. The quantitative estimate of drug-likeness (QED) is 0.514. The Labute approximate surface area is 114 Å². The van der Waals surface area contributed by atoms with Crippen LogP contribution in [0.1, 0.15) is 26.3 Å². The first-order valence-corrected chi connectivity index (χ1v) is 5.71. The molecule has 0 aliphatic rings. The molecule has 1 rings (SSSR count). The van der Waals surface area contributed by atoms with Crippen molar-refractivity contribution >= 4 is 11.8 Å².